The van der Waals surface area contributed by atoms with Crippen LogP contribution < -0.4 is 15.0 Å². The Labute approximate surface area is 168 Å². The molecule has 0 spiro atoms. The lowest BCUT2D eigenvalue weighted by Crippen LogP contribution is -2.29. The number of pyridine rings is 1. The van der Waals surface area contributed by atoms with E-state index in [1.165, 1.54) is 17.9 Å². The molecule has 1 aromatic carbocycles. The van der Waals surface area contributed by atoms with Gasteiger partial charge in [-0.05, 0) is 37.5 Å². The zero-order chi connectivity index (χ0) is 21.0. The first kappa shape index (κ1) is 20.4. The predicted molar refractivity (Wildman–Crippen MR) is 108 cm³/mol. The van der Waals surface area contributed by atoms with Crippen molar-refractivity contribution < 1.29 is 19.3 Å². The lowest BCUT2D eigenvalue weighted by Gasteiger charge is -2.17. The molecular weight excluding hydrogens is 374 g/mol. The first-order valence-corrected chi connectivity index (χ1v) is 9.24. The summed E-state index contributed by atoms with van der Waals surface area (Å²) in [6.45, 7) is 2.42. The van der Waals surface area contributed by atoms with E-state index in [1.54, 1.807) is 32.2 Å². The normalized spacial score (nSPS) is 16.1. The molecule has 1 fully saturated rings. The molecule has 0 aliphatic carbocycles. The van der Waals surface area contributed by atoms with Gasteiger partial charge < -0.3 is 19.3 Å². The number of nitrogens with zero attached hydrogens (tertiary/aromatic N) is 3. The van der Waals surface area contributed by atoms with Crippen LogP contribution in [0.2, 0.25) is 0 Å². The monoisotopic (exact) mass is 397 g/mol. The van der Waals surface area contributed by atoms with Gasteiger partial charge in [0.1, 0.15) is 28.8 Å². The average Bonchev–Trinajstić information content (AvgIpc) is 3.24. The summed E-state index contributed by atoms with van der Waals surface area (Å²) >= 11 is 0. The maximum Gasteiger partial charge on any atom is 0.271 e. The standard InChI is InChI=1S/C21H23N3O5/c1-13-16(10-22)20(25)24(12-15-5-4-8-29-15)21(26)17(13)11-23-18-9-14(27-2)6-7-19(18)28-3/h6-7,9,11,15,26H,4-5,8,12H2,1-3H3. The highest BCUT2D eigenvalue weighted by Gasteiger charge is 2.23. The van der Waals surface area contributed by atoms with E-state index < -0.39 is 5.56 Å². The Morgan fingerprint density at radius 3 is 2.83 bits per heavy atom. The fraction of sp³-hybridized carbons (Fsp3) is 0.381. The van der Waals surface area contributed by atoms with Crippen LogP contribution in [0.1, 0.15) is 29.5 Å². The van der Waals surface area contributed by atoms with Crippen molar-refractivity contribution in [3.63, 3.8) is 0 Å². The minimum absolute atomic E-state index is 0.0279. The highest BCUT2D eigenvalue weighted by molar-refractivity contribution is 5.88. The van der Waals surface area contributed by atoms with Gasteiger partial charge in [-0.1, -0.05) is 0 Å². The van der Waals surface area contributed by atoms with Crippen molar-refractivity contribution in [2.24, 2.45) is 4.99 Å². The molecule has 0 saturated carbocycles. The SMILES string of the molecule is COc1ccc(OC)c(N=Cc2c(C)c(C#N)c(=O)n(CC3CCCO3)c2O)c1. The van der Waals surface area contributed by atoms with E-state index in [9.17, 15) is 15.2 Å². The van der Waals surface area contributed by atoms with Gasteiger partial charge in [-0.2, -0.15) is 5.26 Å². The summed E-state index contributed by atoms with van der Waals surface area (Å²) in [5, 5.41) is 20.3. The summed E-state index contributed by atoms with van der Waals surface area (Å²) < 4.78 is 17.3. The maximum atomic E-state index is 12.7. The van der Waals surface area contributed by atoms with Crippen molar-refractivity contribution in [2.45, 2.75) is 32.4 Å². The van der Waals surface area contributed by atoms with E-state index in [0.29, 0.717) is 34.9 Å². The molecule has 152 valence electrons. The average molecular weight is 397 g/mol. The van der Waals surface area contributed by atoms with Crippen LogP contribution in [0, 0.1) is 18.3 Å². The van der Waals surface area contributed by atoms with E-state index in [1.807, 2.05) is 6.07 Å². The van der Waals surface area contributed by atoms with E-state index in [0.717, 1.165) is 12.8 Å². The molecule has 0 bridgehead atoms. The summed E-state index contributed by atoms with van der Waals surface area (Å²) in [5.41, 5.74) is 0.586. The first-order valence-electron chi connectivity index (χ1n) is 9.24. The Morgan fingerprint density at radius 2 is 2.21 bits per heavy atom. The summed E-state index contributed by atoms with van der Waals surface area (Å²) in [5.74, 6) is 0.875. The zero-order valence-corrected chi connectivity index (χ0v) is 16.6. The van der Waals surface area contributed by atoms with Crippen LogP contribution in [0.25, 0.3) is 0 Å². The highest BCUT2D eigenvalue weighted by Crippen LogP contribution is 2.32. The van der Waals surface area contributed by atoms with Crippen molar-refractivity contribution in [1.82, 2.24) is 4.57 Å². The third kappa shape index (κ3) is 4.10. The van der Waals surface area contributed by atoms with Gasteiger partial charge in [0.2, 0.25) is 5.88 Å². The van der Waals surface area contributed by atoms with Gasteiger partial charge in [0, 0.05) is 18.9 Å². The number of benzene rings is 1. The van der Waals surface area contributed by atoms with Crippen LogP contribution in [0.5, 0.6) is 17.4 Å². The summed E-state index contributed by atoms with van der Waals surface area (Å²) in [6.07, 6.45) is 2.96. The van der Waals surface area contributed by atoms with Gasteiger partial charge in [-0.25, -0.2) is 0 Å². The van der Waals surface area contributed by atoms with Gasteiger partial charge in [0.25, 0.3) is 5.56 Å². The van der Waals surface area contributed by atoms with Crippen LogP contribution in [0.15, 0.2) is 28.0 Å². The lowest BCUT2D eigenvalue weighted by atomic mass is 10.1. The smallest absolute Gasteiger partial charge is 0.271 e. The summed E-state index contributed by atoms with van der Waals surface area (Å²) in [4.78, 5) is 17.1. The second-order valence-corrected chi connectivity index (χ2v) is 6.70. The van der Waals surface area contributed by atoms with E-state index in [2.05, 4.69) is 4.99 Å². The molecule has 0 amide bonds. The minimum atomic E-state index is -0.533. The van der Waals surface area contributed by atoms with Crippen LogP contribution in [-0.2, 0) is 11.3 Å². The lowest BCUT2D eigenvalue weighted by molar-refractivity contribution is 0.0938. The van der Waals surface area contributed by atoms with Crippen molar-refractivity contribution in [3.8, 4) is 23.4 Å². The van der Waals surface area contributed by atoms with E-state index in [-0.39, 0.29) is 24.1 Å². The summed E-state index contributed by atoms with van der Waals surface area (Å²) in [7, 11) is 3.07. The largest absolute Gasteiger partial charge is 0.497 e. The predicted octanol–water partition coefficient (Wildman–Crippen LogP) is 2.68. The van der Waals surface area contributed by atoms with Crippen molar-refractivity contribution in [3.05, 3.63) is 45.2 Å². The van der Waals surface area contributed by atoms with E-state index >= 15 is 0 Å². The molecule has 8 nitrogen and oxygen atoms in total. The topological polar surface area (TPSA) is 106 Å². The molecule has 3 rings (SSSR count). The third-order valence-electron chi connectivity index (χ3n) is 4.98. The molecule has 1 aliphatic heterocycles. The number of methoxy groups -OCH3 is 2. The second-order valence-electron chi connectivity index (χ2n) is 6.70. The highest BCUT2D eigenvalue weighted by atomic mass is 16.5. The quantitative estimate of drug-likeness (QED) is 0.751. The Hall–Kier alpha value is -3.31. The number of aromatic nitrogens is 1. The number of aliphatic imine (C=N–C) groups is 1. The molecule has 1 unspecified atom stereocenters. The number of aromatic hydroxyl groups is 1. The molecule has 8 heteroatoms. The molecule has 0 radical (unpaired) electrons. The Kier molecular flexibility index (Phi) is 6.20. The van der Waals surface area contributed by atoms with Crippen LogP contribution >= 0.6 is 0 Å². The molecule has 1 atom stereocenters. The maximum absolute atomic E-state index is 12.7. The molecule has 2 heterocycles. The van der Waals surface area contributed by atoms with Gasteiger partial charge in [-0.15, -0.1) is 0 Å². The molecule has 1 saturated heterocycles. The molecule has 2 aromatic rings. The summed E-state index contributed by atoms with van der Waals surface area (Å²) in [6, 6.07) is 7.10. The fourth-order valence-electron chi connectivity index (χ4n) is 3.32. The number of hydrogen-bond acceptors (Lipinski definition) is 7. The number of nitriles is 1. The van der Waals surface area contributed by atoms with E-state index in [4.69, 9.17) is 14.2 Å². The fourth-order valence-corrected chi connectivity index (χ4v) is 3.32. The van der Waals surface area contributed by atoms with Crippen LogP contribution in [-0.4, -0.2) is 42.8 Å². The van der Waals surface area contributed by atoms with Gasteiger partial charge in [-0.3, -0.25) is 14.4 Å². The molecule has 29 heavy (non-hydrogen) atoms. The molecule has 1 N–H and O–H groups in total. The van der Waals surface area contributed by atoms with Crippen molar-refractivity contribution >= 4 is 11.9 Å². The second kappa shape index (κ2) is 8.80. The van der Waals surface area contributed by atoms with Crippen molar-refractivity contribution in [1.29, 1.82) is 5.26 Å². The third-order valence-corrected chi connectivity index (χ3v) is 4.98. The Balaban J connectivity index is 2.08. The van der Waals surface area contributed by atoms with Gasteiger partial charge >= 0.3 is 0 Å². The van der Waals surface area contributed by atoms with Gasteiger partial charge in [0.05, 0.1) is 32.4 Å². The number of hydrogen-bond donors (Lipinski definition) is 1. The number of rotatable bonds is 6. The molecular formula is C21H23N3O5. The minimum Gasteiger partial charge on any atom is -0.497 e. The van der Waals surface area contributed by atoms with Gasteiger partial charge in [0.15, 0.2) is 0 Å². The molecule has 1 aliphatic rings. The molecule has 1 aromatic heterocycles. The van der Waals surface area contributed by atoms with Crippen molar-refractivity contribution in [2.75, 3.05) is 20.8 Å². The zero-order valence-electron chi connectivity index (χ0n) is 16.6. The Morgan fingerprint density at radius 1 is 1.41 bits per heavy atom. The first-order chi connectivity index (χ1) is 14.0. The van der Waals surface area contributed by atoms with Crippen LogP contribution in [0.3, 0.4) is 0 Å². The van der Waals surface area contributed by atoms with Crippen LogP contribution in [0.4, 0.5) is 5.69 Å². The Bertz CT molecular complexity index is 1030. The number of ether oxygens (including phenoxy) is 3.